The molecule has 2 aromatic heterocycles. The zero-order chi connectivity index (χ0) is 16.4. The molecule has 0 bridgehead atoms. The molecular formula is C17H25N3O2S. The summed E-state index contributed by atoms with van der Waals surface area (Å²) in [6.07, 6.45) is 2.08. The zero-order valence-corrected chi connectivity index (χ0v) is 15.0. The van der Waals surface area contributed by atoms with E-state index in [1.807, 2.05) is 0 Å². The lowest BCUT2D eigenvalue weighted by Crippen LogP contribution is -2.36. The second kappa shape index (κ2) is 7.11. The lowest BCUT2D eigenvalue weighted by Gasteiger charge is -2.25. The van der Waals surface area contributed by atoms with Crippen LogP contribution in [0.3, 0.4) is 0 Å². The summed E-state index contributed by atoms with van der Waals surface area (Å²) in [6, 6.07) is 0. The number of aromatic nitrogens is 2. The van der Waals surface area contributed by atoms with E-state index in [4.69, 9.17) is 9.72 Å². The van der Waals surface area contributed by atoms with E-state index < -0.39 is 0 Å². The third-order valence-corrected chi connectivity index (χ3v) is 5.68. The molecule has 1 aliphatic heterocycles. The first-order valence-corrected chi connectivity index (χ1v) is 9.21. The first-order chi connectivity index (χ1) is 11.1. The van der Waals surface area contributed by atoms with Gasteiger partial charge in [-0.05, 0) is 24.8 Å². The molecule has 0 amide bonds. The van der Waals surface area contributed by atoms with Crippen molar-refractivity contribution in [2.24, 2.45) is 5.92 Å². The molecule has 6 heteroatoms. The number of morpholine rings is 1. The molecule has 1 fully saturated rings. The molecule has 1 atom stereocenters. The van der Waals surface area contributed by atoms with Gasteiger partial charge in [0.05, 0.1) is 25.1 Å². The number of rotatable bonds is 5. The van der Waals surface area contributed by atoms with Gasteiger partial charge in [-0.25, -0.2) is 4.98 Å². The van der Waals surface area contributed by atoms with E-state index in [-0.39, 0.29) is 5.56 Å². The van der Waals surface area contributed by atoms with Crippen LogP contribution >= 0.6 is 11.3 Å². The van der Waals surface area contributed by atoms with Crippen molar-refractivity contribution in [1.82, 2.24) is 14.9 Å². The van der Waals surface area contributed by atoms with Crippen molar-refractivity contribution >= 4 is 21.6 Å². The lowest BCUT2D eigenvalue weighted by molar-refractivity contribution is 0.0331. The van der Waals surface area contributed by atoms with Gasteiger partial charge in [-0.15, -0.1) is 11.3 Å². The van der Waals surface area contributed by atoms with Crippen LogP contribution in [0.2, 0.25) is 0 Å². The van der Waals surface area contributed by atoms with Crippen LogP contribution in [-0.2, 0) is 17.7 Å². The highest BCUT2D eigenvalue weighted by atomic mass is 32.1. The minimum Gasteiger partial charge on any atom is -0.379 e. The van der Waals surface area contributed by atoms with E-state index in [1.54, 1.807) is 11.3 Å². The largest absolute Gasteiger partial charge is 0.379 e. The minimum absolute atomic E-state index is 0.0147. The molecule has 2 aromatic rings. The molecule has 0 aromatic carbocycles. The number of nitrogens with zero attached hydrogens (tertiary/aromatic N) is 2. The molecule has 1 N–H and O–H groups in total. The summed E-state index contributed by atoms with van der Waals surface area (Å²) in [5.41, 5.74) is 1.20. The summed E-state index contributed by atoms with van der Waals surface area (Å²) in [7, 11) is 0. The third-order valence-electron chi connectivity index (χ3n) is 4.64. The van der Waals surface area contributed by atoms with E-state index in [0.29, 0.717) is 12.5 Å². The Morgan fingerprint density at radius 2 is 2.13 bits per heavy atom. The van der Waals surface area contributed by atoms with E-state index in [1.165, 1.54) is 10.4 Å². The van der Waals surface area contributed by atoms with Crippen LogP contribution in [0.1, 0.15) is 36.5 Å². The molecule has 3 rings (SSSR count). The number of aryl methyl sites for hydroxylation is 1. The van der Waals surface area contributed by atoms with Gasteiger partial charge in [0.1, 0.15) is 10.7 Å². The number of hydrogen-bond donors (Lipinski definition) is 1. The van der Waals surface area contributed by atoms with Gasteiger partial charge >= 0.3 is 0 Å². The minimum atomic E-state index is 0.0147. The van der Waals surface area contributed by atoms with Crippen LogP contribution in [0, 0.1) is 12.8 Å². The summed E-state index contributed by atoms with van der Waals surface area (Å²) >= 11 is 1.65. The SMILES string of the molecule is CC[C@@H](C)Cc1c(C)sc2nc(CN3CCOCC3)[nH]c(=O)c12. The van der Waals surface area contributed by atoms with Crippen LogP contribution in [-0.4, -0.2) is 41.2 Å². The van der Waals surface area contributed by atoms with Crippen molar-refractivity contribution in [2.45, 2.75) is 40.2 Å². The normalized spacial score (nSPS) is 17.7. The van der Waals surface area contributed by atoms with Crippen LogP contribution < -0.4 is 5.56 Å². The Hall–Kier alpha value is -1.24. The van der Waals surface area contributed by atoms with Crippen LogP contribution in [0.4, 0.5) is 0 Å². The first-order valence-electron chi connectivity index (χ1n) is 8.39. The number of aromatic amines is 1. The Morgan fingerprint density at radius 3 is 2.83 bits per heavy atom. The topological polar surface area (TPSA) is 58.2 Å². The molecule has 0 spiro atoms. The maximum absolute atomic E-state index is 12.6. The highest BCUT2D eigenvalue weighted by Gasteiger charge is 2.18. The predicted octanol–water partition coefficient (Wildman–Crippen LogP) is 2.71. The van der Waals surface area contributed by atoms with Crippen molar-refractivity contribution in [3.05, 3.63) is 26.6 Å². The van der Waals surface area contributed by atoms with Crippen molar-refractivity contribution in [3.8, 4) is 0 Å². The number of H-pyrrole nitrogens is 1. The first kappa shape index (κ1) is 16.6. The van der Waals surface area contributed by atoms with E-state index in [0.717, 1.165) is 55.2 Å². The smallest absolute Gasteiger partial charge is 0.259 e. The number of fused-ring (bicyclic) bond motifs is 1. The fourth-order valence-electron chi connectivity index (χ4n) is 3.00. The Morgan fingerprint density at radius 1 is 1.39 bits per heavy atom. The van der Waals surface area contributed by atoms with Crippen LogP contribution in [0.5, 0.6) is 0 Å². The molecule has 1 aliphatic rings. The maximum atomic E-state index is 12.6. The van der Waals surface area contributed by atoms with Gasteiger partial charge in [0, 0.05) is 18.0 Å². The van der Waals surface area contributed by atoms with Crippen LogP contribution in [0.15, 0.2) is 4.79 Å². The molecule has 1 saturated heterocycles. The van der Waals surface area contributed by atoms with Crippen molar-refractivity contribution in [3.63, 3.8) is 0 Å². The summed E-state index contributed by atoms with van der Waals surface area (Å²) in [4.78, 5) is 24.7. The Bertz CT molecular complexity index is 731. The van der Waals surface area contributed by atoms with Gasteiger partial charge in [-0.2, -0.15) is 0 Å². The standard InChI is InChI=1S/C17H25N3O2S/c1-4-11(2)9-13-12(3)23-17-15(13)16(21)18-14(19-17)10-20-5-7-22-8-6-20/h11H,4-10H2,1-3H3,(H,18,19,21)/t11-/m1/s1. The maximum Gasteiger partial charge on any atom is 0.259 e. The second-order valence-electron chi connectivity index (χ2n) is 6.44. The van der Waals surface area contributed by atoms with Gasteiger partial charge in [-0.3, -0.25) is 9.69 Å². The van der Waals surface area contributed by atoms with Crippen LogP contribution in [0.25, 0.3) is 10.2 Å². The number of nitrogens with one attached hydrogen (secondary N) is 1. The van der Waals surface area contributed by atoms with Crippen molar-refractivity contribution in [1.29, 1.82) is 0 Å². The highest BCUT2D eigenvalue weighted by Crippen LogP contribution is 2.29. The molecule has 5 nitrogen and oxygen atoms in total. The summed E-state index contributed by atoms with van der Waals surface area (Å²) in [6.45, 7) is 10.5. The van der Waals surface area contributed by atoms with Gasteiger partial charge in [-0.1, -0.05) is 20.3 Å². The van der Waals surface area contributed by atoms with Gasteiger partial charge < -0.3 is 9.72 Å². The third kappa shape index (κ3) is 3.65. The molecular weight excluding hydrogens is 310 g/mol. The number of thiophene rings is 1. The molecule has 0 radical (unpaired) electrons. The monoisotopic (exact) mass is 335 g/mol. The van der Waals surface area contributed by atoms with Gasteiger partial charge in [0.2, 0.25) is 0 Å². The van der Waals surface area contributed by atoms with E-state index >= 15 is 0 Å². The average Bonchev–Trinajstić information content (AvgIpc) is 2.84. The fourth-order valence-corrected chi connectivity index (χ4v) is 4.08. The number of ether oxygens (including phenoxy) is 1. The second-order valence-corrected chi connectivity index (χ2v) is 7.64. The van der Waals surface area contributed by atoms with Gasteiger partial charge in [0.25, 0.3) is 5.56 Å². The quantitative estimate of drug-likeness (QED) is 0.913. The average molecular weight is 335 g/mol. The lowest BCUT2D eigenvalue weighted by atomic mass is 9.98. The molecule has 23 heavy (non-hydrogen) atoms. The molecule has 0 saturated carbocycles. The Kier molecular flexibility index (Phi) is 5.14. The molecule has 3 heterocycles. The number of hydrogen-bond acceptors (Lipinski definition) is 5. The molecule has 126 valence electrons. The van der Waals surface area contributed by atoms with Crippen molar-refractivity contribution < 1.29 is 4.74 Å². The predicted molar refractivity (Wildman–Crippen MR) is 94.2 cm³/mol. The summed E-state index contributed by atoms with van der Waals surface area (Å²) in [5, 5.41) is 0.804. The van der Waals surface area contributed by atoms with Crippen molar-refractivity contribution in [2.75, 3.05) is 26.3 Å². The zero-order valence-electron chi connectivity index (χ0n) is 14.1. The molecule has 0 unspecified atom stereocenters. The highest BCUT2D eigenvalue weighted by molar-refractivity contribution is 7.18. The summed E-state index contributed by atoms with van der Waals surface area (Å²) < 4.78 is 5.37. The fraction of sp³-hybridized carbons (Fsp3) is 0.647. The summed E-state index contributed by atoms with van der Waals surface area (Å²) in [5.74, 6) is 1.35. The van der Waals surface area contributed by atoms with Gasteiger partial charge in [0.15, 0.2) is 0 Å². The Labute approximate surface area is 140 Å². The van der Waals surface area contributed by atoms with E-state index in [2.05, 4.69) is 30.7 Å². The molecule has 0 aliphatic carbocycles. The Balaban J connectivity index is 1.91. The van der Waals surface area contributed by atoms with E-state index in [9.17, 15) is 4.79 Å².